The summed E-state index contributed by atoms with van der Waals surface area (Å²) in [6.45, 7) is 4.35. The predicted molar refractivity (Wildman–Crippen MR) is 105 cm³/mol. The van der Waals surface area contributed by atoms with Crippen molar-refractivity contribution in [1.82, 2.24) is 23.8 Å². The molecule has 160 valence electrons. The lowest BCUT2D eigenvalue weighted by molar-refractivity contribution is -0.274. The second kappa shape index (κ2) is 7.77. The van der Waals surface area contributed by atoms with E-state index in [0.717, 1.165) is 31.9 Å². The molecule has 2 aromatic heterocycles. The first-order chi connectivity index (χ1) is 14.2. The van der Waals surface area contributed by atoms with Crippen molar-refractivity contribution in [3.8, 4) is 16.9 Å². The van der Waals surface area contributed by atoms with Gasteiger partial charge < -0.3 is 14.2 Å². The first-order valence-corrected chi connectivity index (χ1v) is 9.54. The molecule has 0 atom stereocenters. The van der Waals surface area contributed by atoms with Gasteiger partial charge in [0.05, 0.1) is 5.69 Å². The predicted octanol–water partition coefficient (Wildman–Crippen LogP) is 2.35. The number of hydrogen-bond donors (Lipinski definition) is 0. The molecule has 3 heterocycles. The first-order valence-electron chi connectivity index (χ1n) is 9.54. The highest BCUT2D eigenvalue weighted by Gasteiger charge is 2.31. The van der Waals surface area contributed by atoms with Gasteiger partial charge in [0, 0.05) is 57.7 Å². The molecule has 1 aliphatic rings. The van der Waals surface area contributed by atoms with Gasteiger partial charge >= 0.3 is 12.1 Å². The van der Waals surface area contributed by atoms with Crippen molar-refractivity contribution in [1.29, 1.82) is 0 Å². The molecule has 0 amide bonds. The number of likely N-dealkylation sites (N-methyl/N-ethyl adjacent to an activating group) is 1. The van der Waals surface area contributed by atoms with Crippen LogP contribution in [0.1, 0.15) is 5.69 Å². The number of rotatable bonds is 4. The third-order valence-corrected chi connectivity index (χ3v) is 5.19. The Hall–Kier alpha value is -2.85. The van der Waals surface area contributed by atoms with E-state index < -0.39 is 6.36 Å². The van der Waals surface area contributed by atoms with E-state index in [1.165, 1.54) is 27.2 Å². The molecule has 1 fully saturated rings. The maximum absolute atomic E-state index is 12.6. The van der Waals surface area contributed by atoms with Crippen LogP contribution in [0.3, 0.4) is 0 Å². The van der Waals surface area contributed by atoms with Gasteiger partial charge in [-0.3, -0.25) is 9.30 Å². The van der Waals surface area contributed by atoms with Crippen molar-refractivity contribution in [2.24, 2.45) is 7.05 Å². The molecule has 10 heteroatoms. The molecular formula is C20H22F3N5O2. The molecule has 0 saturated carbocycles. The van der Waals surface area contributed by atoms with Gasteiger partial charge in [0.25, 0.3) is 0 Å². The van der Waals surface area contributed by atoms with Crippen LogP contribution < -0.4 is 10.4 Å². The summed E-state index contributed by atoms with van der Waals surface area (Å²) in [7, 11) is 3.68. The molecule has 0 N–H and O–H groups in total. The number of aryl methyl sites for hydroxylation is 1. The van der Waals surface area contributed by atoms with Crippen LogP contribution in [-0.2, 0) is 13.6 Å². The molecule has 0 radical (unpaired) electrons. The summed E-state index contributed by atoms with van der Waals surface area (Å²) in [5, 5.41) is 0. The summed E-state index contributed by atoms with van der Waals surface area (Å²) in [5.41, 5.74) is 1.91. The zero-order valence-corrected chi connectivity index (χ0v) is 16.7. The molecule has 0 unspecified atom stereocenters. The highest BCUT2D eigenvalue weighted by Crippen LogP contribution is 2.29. The quantitative estimate of drug-likeness (QED) is 0.648. The zero-order valence-electron chi connectivity index (χ0n) is 16.7. The van der Waals surface area contributed by atoms with Crippen LogP contribution in [0.2, 0.25) is 0 Å². The number of benzene rings is 1. The minimum absolute atomic E-state index is 0.270. The fourth-order valence-electron chi connectivity index (χ4n) is 3.62. The number of nitrogens with zero attached hydrogens (tertiary/aromatic N) is 5. The standard InChI is InChI=1S/C20H22F3N5O2/c1-25-6-8-27(9-7-25)11-15-12-28-18(24-15)17(13-26(2)19(28)29)14-4-3-5-16(10-14)30-20(21,22)23/h3-5,10,12-13H,6-9,11H2,1-2H3. The van der Waals surface area contributed by atoms with Crippen molar-refractivity contribution in [3.63, 3.8) is 0 Å². The van der Waals surface area contributed by atoms with E-state index >= 15 is 0 Å². The molecule has 0 aliphatic carbocycles. The molecule has 0 bridgehead atoms. The Bertz CT molecular complexity index is 1110. The van der Waals surface area contributed by atoms with E-state index in [-0.39, 0.29) is 11.4 Å². The van der Waals surface area contributed by atoms with Gasteiger partial charge in [-0.15, -0.1) is 13.2 Å². The molecule has 1 saturated heterocycles. The summed E-state index contributed by atoms with van der Waals surface area (Å²) < 4.78 is 44.7. The minimum Gasteiger partial charge on any atom is -0.406 e. The highest BCUT2D eigenvalue weighted by molar-refractivity contribution is 5.77. The summed E-state index contributed by atoms with van der Waals surface area (Å²) in [6.07, 6.45) is -1.49. The second-order valence-corrected chi connectivity index (χ2v) is 7.52. The van der Waals surface area contributed by atoms with Gasteiger partial charge in [-0.25, -0.2) is 9.78 Å². The third-order valence-electron chi connectivity index (χ3n) is 5.19. The average Bonchev–Trinajstić information content (AvgIpc) is 3.09. The van der Waals surface area contributed by atoms with E-state index in [1.54, 1.807) is 25.5 Å². The summed E-state index contributed by atoms with van der Waals surface area (Å²) in [5.74, 6) is -0.323. The smallest absolute Gasteiger partial charge is 0.406 e. The summed E-state index contributed by atoms with van der Waals surface area (Å²) >= 11 is 0. The Morgan fingerprint density at radius 3 is 2.53 bits per heavy atom. The van der Waals surface area contributed by atoms with Crippen molar-refractivity contribution in [3.05, 3.63) is 52.8 Å². The van der Waals surface area contributed by atoms with Gasteiger partial charge in [0.1, 0.15) is 5.75 Å². The molecule has 1 aromatic carbocycles. The van der Waals surface area contributed by atoms with Crippen LogP contribution in [0.15, 0.2) is 41.5 Å². The molecular weight excluding hydrogens is 399 g/mol. The average molecular weight is 421 g/mol. The van der Waals surface area contributed by atoms with Crippen LogP contribution >= 0.6 is 0 Å². The van der Waals surface area contributed by atoms with Gasteiger partial charge in [0.15, 0.2) is 5.65 Å². The maximum atomic E-state index is 12.6. The maximum Gasteiger partial charge on any atom is 0.573 e. The van der Waals surface area contributed by atoms with E-state index in [4.69, 9.17) is 0 Å². The molecule has 7 nitrogen and oxygen atoms in total. The number of hydrogen-bond acceptors (Lipinski definition) is 5. The molecule has 0 spiro atoms. The Morgan fingerprint density at radius 2 is 1.83 bits per heavy atom. The van der Waals surface area contributed by atoms with Crippen LogP contribution in [-0.4, -0.2) is 63.3 Å². The van der Waals surface area contributed by atoms with Crippen LogP contribution in [0.25, 0.3) is 16.8 Å². The third kappa shape index (κ3) is 4.34. The molecule has 4 rings (SSSR count). The number of fused-ring (bicyclic) bond motifs is 1. The Balaban J connectivity index is 1.72. The van der Waals surface area contributed by atoms with E-state index in [1.807, 2.05) is 0 Å². The number of piperazine rings is 1. The number of aromatic nitrogens is 3. The largest absolute Gasteiger partial charge is 0.573 e. The Labute approximate surface area is 170 Å². The number of alkyl halides is 3. The van der Waals surface area contributed by atoms with Gasteiger partial charge in [-0.2, -0.15) is 0 Å². The van der Waals surface area contributed by atoms with Crippen molar-refractivity contribution >= 4 is 5.65 Å². The lowest BCUT2D eigenvalue weighted by atomic mass is 10.1. The van der Waals surface area contributed by atoms with E-state index in [0.29, 0.717) is 23.3 Å². The van der Waals surface area contributed by atoms with Gasteiger partial charge in [-0.05, 0) is 24.7 Å². The van der Waals surface area contributed by atoms with Crippen LogP contribution in [0.4, 0.5) is 13.2 Å². The topological polar surface area (TPSA) is 55.0 Å². The number of halogens is 3. The second-order valence-electron chi connectivity index (χ2n) is 7.52. The summed E-state index contributed by atoms with van der Waals surface area (Å²) in [4.78, 5) is 21.8. The lowest BCUT2D eigenvalue weighted by Crippen LogP contribution is -2.43. The first kappa shape index (κ1) is 20.4. The van der Waals surface area contributed by atoms with Crippen LogP contribution in [0, 0.1) is 0 Å². The monoisotopic (exact) mass is 421 g/mol. The SMILES string of the molecule is CN1CCN(Cc2cn3c(=O)n(C)cc(-c4cccc(OC(F)(F)F)c4)c3n2)CC1. The molecule has 3 aromatic rings. The summed E-state index contributed by atoms with van der Waals surface area (Å²) in [6, 6.07) is 5.67. The van der Waals surface area contributed by atoms with Gasteiger partial charge in [0.2, 0.25) is 0 Å². The fraction of sp³-hybridized carbons (Fsp3) is 0.400. The molecule has 1 aliphatic heterocycles. The van der Waals surface area contributed by atoms with E-state index in [9.17, 15) is 18.0 Å². The Morgan fingerprint density at radius 1 is 1.10 bits per heavy atom. The van der Waals surface area contributed by atoms with E-state index in [2.05, 4.69) is 26.6 Å². The highest BCUT2D eigenvalue weighted by atomic mass is 19.4. The number of imidazole rings is 1. The zero-order chi connectivity index (χ0) is 21.5. The fourth-order valence-corrected chi connectivity index (χ4v) is 3.62. The minimum atomic E-state index is -4.78. The normalized spacial score (nSPS) is 16.3. The lowest BCUT2D eigenvalue weighted by Gasteiger charge is -2.31. The van der Waals surface area contributed by atoms with Crippen molar-refractivity contribution < 1.29 is 17.9 Å². The Kier molecular flexibility index (Phi) is 5.29. The van der Waals surface area contributed by atoms with Crippen molar-refractivity contribution in [2.75, 3.05) is 33.2 Å². The number of ether oxygens (including phenoxy) is 1. The van der Waals surface area contributed by atoms with Crippen molar-refractivity contribution in [2.45, 2.75) is 12.9 Å². The molecule has 30 heavy (non-hydrogen) atoms. The van der Waals surface area contributed by atoms with Crippen LogP contribution in [0.5, 0.6) is 5.75 Å². The van der Waals surface area contributed by atoms with Gasteiger partial charge in [-0.1, -0.05) is 12.1 Å².